The van der Waals surface area contributed by atoms with Crippen molar-refractivity contribution in [2.45, 2.75) is 51.6 Å². The highest BCUT2D eigenvalue weighted by Gasteiger charge is 2.24. The molecule has 1 fully saturated rings. The van der Waals surface area contributed by atoms with Crippen LogP contribution < -0.4 is 10.2 Å². The van der Waals surface area contributed by atoms with Crippen molar-refractivity contribution in [1.82, 2.24) is 15.3 Å². The first-order valence-corrected chi connectivity index (χ1v) is 6.95. The van der Waals surface area contributed by atoms with Gasteiger partial charge in [-0.3, -0.25) is 0 Å². The summed E-state index contributed by atoms with van der Waals surface area (Å²) < 4.78 is 0. The normalized spacial score (nSPS) is 23.9. The number of nitrogens with zero attached hydrogens (tertiary/aromatic N) is 3. The molecule has 1 aromatic rings. The van der Waals surface area contributed by atoms with Gasteiger partial charge >= 0.3 is 0 Å². The van der Waals surface area contributed by atoms with Crippen LogP contribution >= 0.6 is 0 Å². The van der Waals surface area contributed by atoms with E-state index in [1.807, 2.05) is 6.92 Å². The van der Waals surface area contributed by atoms with Crippen molar-refractivity contribution >= 4 is 5.82 Å². The first kappa shape index (κ1) is 13.3. The zero-order valence-electron chi connectivity index (χ0n) is 11.7. The lowest BCUT2D eigenvalue weighted by atomic mass is 9.90. The van der Waals surface area contributed by atoms with E-state index < -0.39 is 0 Å². The molecule has 0 amide bonds. The Hall–Kier alpha value is -1.16. The van der Waals surface area contributed by atoms with E-state index >= 15 is 0 Å². The Balaban J connectivity index is 1.93. The molecule has 2 rings (SSSR count). The number of nitrogens with one attached hydrogen (secondary N) is 1. The van der Waals surface area contributed by atoms with E-state index in [4.69, 9.17) is 0 Å². The Morgan fingerprint density at radius 3 is 2.61 bits per heavy atom. The van der Waals surface area contributed by atoms with E-state index in [1.54, 1.807) is 6.33 Å². The minimum absolute atomic E-state index is 0.620. The second-order valence-corrected chi connectivity index (χ2v) is 5.19. The summed E-state index contributed by atoms with van der Waals surface area (Å²) >= 11 is 0. The van der Waals surface area contributed by atoms with Crippen molar-refractivity contribution in [2.24, 2.45) is 0 Å². The third kappa shape index (κ3) is 3.19. The molecule has 0 bridgehead atoms. The van der Waals surface area contributed by atoms with Gasteiger partial charge in [-0.05, 0) is 39.2 Å². The van der Waals surface area contributed by atoms with Gasteiger partial charge in [0.15, 0.2) is 0 Å². The van der Waals surface area contributed by atoms with Crippen LogP contribution in [0.5, 0.6) is 0 Å². The fourth-order valence-corrected chi connectivity index (χ4v) is 2.78. The van der Waals surface area contributed by atoms with Crippen molar-refractivity contribution in [3.05, 3.63) is 18.1 Å². The minimum atomic E-state index is 0.620. The molecule has 18 heavy (non-hydrogen) atoms. The fraction of sp³-hybridized carbons (Fsp3) is 0.714. The first-order valence-electron chi connectivity index (χ1n) is 6.95. The summed E-state index contributed by atoms with van der Waals surface area (Å²) in [5, 5.41) is 3.55. The average Bonchev–Trinajstić information content (AvgIpc) is 2.39. The Morgan fingerprint density at radius 1 is 1.28 bits per heavy atom. The predicted molar refractivity (Wildman–Crippen MR) is 74.9 cm³/mol. The van der Waals surface area contributed by atoms with Gasteiger partial charge in [0.25, 0.3) is 0 Å². The maximum absolute atomic E-state index is 4.37. The van der Waals surface area contributed by atoms with Crippen LogP contribution in [0.1, 0.15) is 38.3 Å². The van der Waals surface area contributed by atoms with Gasteiger partial charge in [-0.2, -0.15) is 0 Å². The Kier molecular flexibility index (Phi) is 4.53. The van der Waals surface area contributed by atoms with E-state index in [0.29, 0.717) is 12.1 Å². The molecular formula is C14H24N4. The highest BCUT2D eigenvalue weighted by Crippen LogP contribution is 2.25. The van der Waals surface area contributed by atoms with Crippen molar-refractivity contribution in [2.75, 3.05) is 18.5 Å². The van der Waals surface area contributed by atoms with Crippen LogP contribution in [0.4, 0.5) is 5.82 Å². The number of aromatic nitrogens is 2. The van der Waals surface area contributed by atoms with Crippen molar-refractivity contribution in [3.8, 4) is 0 Å². The van der Waals surface area contributed by atoms with Gasteiger partial charge < -0.3 is 10.2 Å². The molecule has 1 aliphatic carbocycles. The summed E-state index contributed by atoms with van der Waals surface area (Å²) in [7, 11) is 2.15. The van der Waals surface area contributed by atoms with E-state index in [1.165, 1.54) is 25.7 Å². The zero-order valence-corrected chi connectivity index (χ0v) is 11.7. The SMILES string of the molecule is CCNC1CCC(N(C)c2cc(C)ncn2)CC1. The molecule has 0 unspecified atom stereocenters. The molecule has 1 saturated carbocycles. The summed E-state index contributed by atoms with van der Waals surface area (Å²) in [4.78, 5) is 10.8. The van der Waals surface area contributed by atoms with Crippen LogP contribution in [0.15, 0.2) is 12.4 Å². The van der Waals surface area contributed by atoms with Gasteiger partial charge in [0, 0.05) is 30.9 Å². The van der Waals surface area contributed by atoms with Gasteiger partial charge in [0.1, 0.15) is 12.1 Å². The summed E-state index contributed by atoms with van der Waals surface area (Å²) in [6.45, 7) is 5.28. The third-order valence-corrected chi connectivity index (χ3v) is 3.89. The maximum Gasteiger partial charge on any atom is 0.132 e. The number of rotatable bonds is 4. The Morgan fingerprint density at radius 2 is 2.00 bits per heavy atom. The fourth-order valence-electron chi connectivity index (χ4n) is 2.78. The second-order valence-electron chi connectivity index (χ2n) is 5.19. The van der Waals surface area contributed by atoms with Crippen LogP contribution in [-0.2, 0) is 0 Å². The quantitative estimate of drug-likeness (QED) is 0.886. The molecule has 4 nitrogen and oxygen atoms in total. The van der Waals surface area contributed by atoms with Crippen LogP contribution in [0.25, 0.3) is 0 Å². The number of hydrogen-bond donors (Lipinski definition) is 1. The van der Waals surface area contributed by atoms with Crippen molar-refractivity contribution in [3.63, 3.8) is 0 Å². The largest absolute Gasteiger partial charge is 0.357 e. The zero-order chi connectivity index (χ0) is 13.0. The van der Waals surface area contributed by atoms with Crippen LogP contribution in [0.2, 0.25) is 0 Å². The second kappa shape index (κ2) is 6.14. The van der Waals surface area contributed by atoms with Crippen LogP contribution in [0.3, 0.4) is 0 Å². The number of aryl methyl sites for hydroxylation is 1. The van der Waals surface area contributed by atoms with Gasteiger partial charge in [-0.25, -0.2) is 9.97 Å². The topological polar surface area (TPSA) is 41.0 Å². The average molecular weight is 248 g/mol. The maximum atomic E-state index is 4.37. The van der Waals surface area contributed by atoms with E-state index in [-0.39, 0.29) is 0 Å². The molecule has 0 saturated heterocycles. The molecule has 0 radical (unpaired) electrons. The van der Waals surface area contributed by atoms with Crippen molar-refractivity contribution in [1.29, 1.82) is 0 Å². The van der Waals surface area contributed by atoms with Crippen molar-refractivity contribution < 1.29 is 0 Å². The molecule has 1 heterocycles. The highest BCUT2D eigenvalue weighted by atomic mass is 15.2. The van der Waals surface area contributed by atoms with E-state index in [0.717, 1.165) is 18.1 Å². The molecule has 1 aliphatic rings. The molecule has 0 aliphatic heterocycles. The third-order valence-electron chi connectivity index (χ3n) is 3.89. The predicted octanol–water partition coefficient (Wildman–Crippen LogP) is 2.14. The summed E-state index contributed by atoms with van der Waals surface area (Å²) in [6, 6.07) is 3.40. The molecule has 1 aromatic heterocycles. The summed E-state index contributed by atoms with van der Waals surface area (Å²) in [6.07, 6.45) is 6.69. The highest BCUT2D eigenvalue weighted by molar-refractivity contribution is 5.39. The molecule has 4 heteroatoms. The number of anilines is 1. The monoisotopic (exact) mass is 248 g/mol. The molecule has 0 aromatic carbocycles. The standard InChI is InChI=1S/C14H24N4/c1-4-15-12-5-7-13(8-6-12)18(3)14-9-11(2)16-10-17-14/h9-10,12-13,15H,4-8H2,1-3H3. The van der Waals surface area contributed by atoms with Crippen LogP contribution in [0, 0.1) is 6.92 Å². The van der Waals surface area contributed by atoms with E-state index in [2.05, 4.69) is 40.2 Å². The van der Waals surface area contributed by atoms with E-state index in [9.17, 15) is 0 Å². The van der Waals surface area contributed by atoms with Gasteiger partial charge in [-0.1, -0.05) is 6.92 Å². The van der Waals surface area contributed by atoms with Gasteiger partial charge in [0.05, 0.1) is 0 Å². The molecule has 1 N–H and O–H groups in total. The lowest BCUT2D eigenvalue weighted by molar-refractivity contribution is 0.340. The smallest absolute Gasteiger partial charge is 0.132 e. The number of hydrogen-bond acceptors (Lipinski definition) is 4. The van der Waals surface area contributed by atoms with Gasteiger partial charge in [0.2, 0.25) is 0 Å². The van der Waals surface area contributed by atoms with Gasteiger partial charge in [-0.15, -0.1) is 0 Å². The minimum Gasteiger partial charge on any atom is -0.357 e. The summed E-state index contributed by atoms with van der Waals surface area (Å²) in [5.74, 6) is 1.05. The molecular weight excluding hydrogens is 224 g/mol. The Bertz CT molecular complexity index is 372. The Labute approximate surface area is 110 Å². The molecule has 0 atom stereocenters. The lowest BCUT2D eigenvalue weighted by Gasteiger charge is -2.35. The molecule has 100 valence electrons. The van der Waals surface area contributed by atoms with Crippen LogP contribution in [-0.4, -0.2) is 35.6 Å². The molecule has 0 spiro atoms. The first-order chi connectivity index (χ1) is 8.70. The lowest BCUT2D eigenvalue weighted by Crippen LogP contribution is -2.41. The summed E-state index contributed by atoms with van der Waals surface area (Å²) in [5.41, 5.74) is 1.04.